The molecular weight excluding hydrogens is 568 g/mol. The van der Waals surface area contributed by atoms with Gasteiger partial charge in [-0.1, -0.05) is 44.0 Å². The normalized spacial score (nSPS) is 13.4. The fraction of sp³-hybridized carbons (Fsp3) is 0.400. The number of rotatable bonds is 3. The van der Waals surface area contributed by atoms with Crippen LogP contribution in [0.2, 0.25) is 10.0 Å². The number of halogens is 11. The molecule has 1 amide bonds. The second-order valence-electron chi connectivity index (χ2n) is 8.92. The number of aromatic nitrogens is 4. The maximum atomic E-state index is 13.8. The van der Waals surface area contributed by atoms with Crippen LogP contribution >= 0.6 is 23.2 Å². The Morgan fingerprint density at radius 1 is 0.892 bits per heavy atom. The Labute approximate surface area is 211 Å². The van der Waals surface area contributed by atoms with Crippen LogP contribution in [0.1, 0.15) is 44.3 Å². The van der Waals surface area contributed by atoms with E-state index in [4.69, 9.17) is 23.2 Å². The van der Waals surface area contributed by atoms with Gasteiger partial charge in [-0.05, 0) is 17.5 Å². The van der Waals surface area contributed by atoms with Crippen LogP contribution in [0.25, 0.3) is 16.7 Å². The topological polar surface area (TPSA) is 72.7 Å². The van der Waals surface area contributed by atoms with E-state index in [2.05, 4.69) is 20.4 Å². The summed E-state index contributed by atoms with van der Waals surface area (Å²) in [4.78, 5) is 18.3. The van der Waals surface area contributed by atoms with E-state index in [1.165, 1.54) is 0 Å². The molecule has 0 atom stereocenters. The number of anilines is 1. The lowest BCUT2D eigenvalue weighted by molar-refractivity contribution is -0.151. The van der Waals surface area contributed by atoms with Gasteiger partial charge in [0.05, 0.1) is 21.0 Å². The van der Waals surface area contributed by atoms with E-state index >= 15 is 0 Å². The summed E-state index contributed by atoms with van der Waals surface area (Å²) in [5.74, 6) is -3.98. The number of hydrogen-bond donors (Lipinski definition) is 1. The minimum Gasteiger partial charge on any atom is -0.310 e. The summed E-state index contributed by atoms with van der Waals surface area (Å²) in [7, 11) is 0. The second-order valence-corrected chi connectivity index (χ2v) is 9.74. The molecule has 17 heteroatoms. The van der Waals surface area contributed by atoms with Gasteiger partial charge >= 0.3 is 18.5 Å². The molecule has 3 aromatic rings. The molecule has 0 saturated heterocycles. The molecule has 6 nitrogen and oxygen atoms in total. The van der Waals surface area contributed by atoms with Crippen LogP contribution < -0.4 is 5.32 Å². The molecular formula is C20H14Cl2F9N5O. The third-order valence-corrected chi connectivity index (χ3v) is 5.14. The van der Waals surface area contributed by atoms with Gasteiger partial charge in [0.1, 0.15) is 11.5 Å². The Balaban J connectivity index is 2.43. The third kappa shape index (κ3) is 6.20. The molecule has 2 aromatic heterocycles. The van der Waals surface area contributed by atoms with Crippen LogP contribution in [0.15, 0.2) is 12.1 Å². The van der Waals surface area contributed by atoms with E-state index < -0.39 is 79.5 Å². The Morgan fingerprint density at radius 3 is 1.86 bits per heavy atom. The lowest BCUT2D eigenvalue weighted by Crippen LogP contribution is -2.22. The van der Waals surface area contributed by atoms with Gasteiger partial charge in [-0.3, -0.25) is 4.79 Å². The average Bonchev–Trinajstić information content (AvgIpc) is 3.00. The Morgan fingerprint density at radius 2 is 1.43 bits per heavy atom. The van der Waals surface area contributed by atoms with E-state index in [1.807, 2.05) is 0 Å². The number of nitrogens with one attached hydrogen (secondary N) is 1. The van der Waals surface area contributed by atoms with Gasteiger partial charge in [0.15, 0.2) is 11.3 Å². The maximum absolute atomic E-state index is 13.8. The van der Waals surface area contributed by atoms with Crippen molar-refractivity contribution in [3.05, 3.63) is 39.3 Å². The highest BCUT2D eigenvalue weighted by molar-refractivity contribution is 6.38. The van der Waals surface area contributed by atoms with E-state index in [1.54, 1.807) is 20.8 Å². The predicted octanol–water partition coefficient (Wildman–Crippen LogP) is 7.55. The minimum atomic E-state index is -5.49. The van der Waals surface area contributed by atoms with Crippen molar-refractivity contribution in [1.29, 1.82) is 0 Å². The molecule has 0 bridgehead atoms. The molecule has 3 rings (SSSR count). The van der Waals surface area contributed by atoms with Crippen molar-refractivity contribution >= 4 is 46.0 Å². The van der Waals surface area contributed by atoms with Gasteiger partial charge in [-0.2, -0.15) is 39.5 Å². The first-order chi connectivity index (χ1) is 16.6. The molecule has 1 N–H and O–H groups in total. The number of carbonyl (C=O) groups excluding carboxylic acids is 1. The molecule has 0 aliphatic rings. The molecule has 202 valence electrons. The first-order valence-corrected chi connectivity index (χ1v) is 10.7. The van der Waals surface area contributed by atoms with Crippen molar-refractivity contribution in [2.75, 3.05) is 5.32 Å². The summed E-state index contributed by atoms with van der Waals surface area (Å²) in [5.41, 5.74) is -5.94. The molecule has 0 saturated carbocycles. The predicted molar refractivity (Wildman–Crippen MR) is 114 cm³/mol. The van der Waals surface area contributed by atoms with Crippen LogP contribution in [-0.4, -0.2) is 25.7 Å². The minimum absolute atomic E-state index is 0.281. The van der Waals surface area contributed by atoms with Gasteiger partial charge in [0, 0.05) is 6.42 Å². The lowest BCUT2D eigenvalue weighted by atomic mass is 9.92. The van der Waals surface area contributed by atoms with Crippen molar-refractivity contribution in [2.24, 2.45) is 5.41 Å². The molecule has 0 radical (unpaired) electrons. The van der Waals surface area contributed by atoms with Gasteiger partial charge in [0.25, 0.3) is 0 Å². The number of hydrogen-bond acceptors (Lipinski definition) is 4. The largest absolute Gasteiger partial charge is 0.451 e. The number of benzene rings is 1. The second kappa shape index (κ2) is 9.19. The molecule has 0 unspecified atom stereocenters. The zero-order chi connectivity index (χ0) is 28.3. The third-order valence-electron chi connectivity index (χ3n) is 4.56. The van der Waals surface area contributed by atoms with Crippen molar-refractivity contribution in [2.45, 2.75) is 45.7 Å². The smallest absolute Gasteiger partial charge is 0.310 e. The number of amides is 1. The van der Waals surface area contributed by atoms with Gasteiger partial charge < -0.3 is 5.32 Å². The first kappa shape index (κ1) is 28.8. The molecule has 2 heterocycles. The zero-order valence-electron chi connectivity index (χ0n) is 18.7. The van der Waals surface area contributed by atoms with Crippen LogP contribution in [-0.2, 0) is 23.3 Å². The van der Waals surface area contributed by atoms with E-state index in [9.17, 15) is 44.3 Å². The van der Waals surface area contributed by atoms with E-state index in [-0.39, 0.29) is 6.42 Å². The van der Waals surface area contributed by atoms with Crippen LogP contribution in [0.5, 0.6) is 0 Å². The quantitative estimate of drug-likeness (QED) is 0.324. The Hall–Kier alpha value is -2.81. The zero-order valence-corrected chi connectivity index (χ0v) is 20.2. The monoisotopic (exact) mass is 581 g/mol. The number of carbonyl (C=O) groups is 1. The number of alkyl halides is 9. The molecule has 0 aliphatic heterocycles. The highest BCUT2D eigenvalue weighted by Gasteiger charge is 2.44. The van der Waals surface area contributed by atoms with Crippen LogP contribution in [0.3, 0.4) is 0 Å². The fourth-order valence-corrected chi connectivity index (χ4v) is 3.84. The summed E-state index contributed by atoms with van der Waals surface area (Å²) in [6.45, 7) is 4.85. The summed E-state index contributed by atoms with van der Waals surface area (Å²) in [6, 6.07) is 0.765. The highest BCUT2D eigenvalue weighted by Crippen LogP contribution is 2.43. The van der Waals surface area contributed by atoms with Gasteiger partial charge in [-0.25, -0.2) is 14.6 Å². The molecule has 0 aliphatic carbocycles. The van der Waals surface area contributed by atoms with Crippen molar-refractivity contribution in [1.82, 2.24) is 19.7 Å². The first-order valence-electron chi connectivity index (χ1n) is 9.91. The number of nitrogens with zero attached hydrogens (tertiary/aromatic N) is 4. The van der Waals surface area contributed by atoms with Crippen molar-refractivity contribution < 1.29 is 44.3 Å². The number of fused-ring (bicyclic) bond motifs is 1. The Kier molecular flexibility index (Phi) is 7.14. The van der Waals surface area contributed by atoms with Crippen molar-refractivity contribution in [3.63, 3.8) is 0 Å². The Bertz CT molecular complexity index is 1350. The highest BCUT2D eigenvalue weighted by atomic mass is 35.5. The molecule has 1 aromatic carbocycles. The summed E-state index contributed by atoms with van der Waals surface area (Å²) < 4.78 is 121. The molecule has 37 heavy (non-hydrogen) atoms. The standard InChI is InChI=1S/C20H14Cl2F9N5O/c1-17(2,3)6-10(37)32-15-11-13(19(26,27)28)33-16(20(29,30)31)34-14(11)35-36(15)12-8(21)4-7(5-9(12)22)18(23,24)25/h4-5H,6H2,1-3H3,(H,32,37). The summed E-state index contributed by atoms with van der Waals surface area (Å²) in [5, 5.41) is 2.99. The van der Waals surface area contributed by atoms with Gasteiger partial charge in [0.2, 0.25) is 11.7 Å². The molecule has 0 spiro atoms. The molecule has 0 fully saturated rings. The fourth-order valence-electron chi connectivity index (χ4n) is 3.19. The summed E-state index contributed by atoms with van der Waals surface area (Å²) >= 11 is 11.9. The summed E-state index contributed by atoms with van der Waals surface area (Å²) in [6.07, 6.45) is -16.1. The van der Waals surface area contributed by atoms with E-state index in [0.717, 1.165) is 0 Å². The van der Waals surface area contributed by atoms with Crippen molar-refractivity contribution in [3.8, 4) is 5.69 Å². The van der Waals surface area contributed by atoms with Crippen LogP contribution in [0, 0.1) is 5.41 Å². The SMILES string of the molecule is CC(C)(C)CC(=O)Nc1c2c(C(F)(F)F)nc(C(F)(F)F)nc2nn1-c1c(Cl)cc(C(F)(F)F)cc1Cl. The van der Waals surface area contributed by atoms with Gasteiger partial charge in [-0.15, -0.1) is 5.10 Å². The van der Waals surface area contributed by atoms with E-state index in [0.29, 0.717) is 16.8 Å². The van der Waals surface area contributed by atoms with Crippen LogP contribution in [0.4, 0.5) is 45.3 Å². The lowest BCUT2D eigenvalue weighted by Gasteiger charge is -2.19. The maximum Gasteiger partial charge on any atom is 0.451 e. The average molecular weight is 582 g/mol.